The monoisotopic (exact) mass is 334 g/mol. The van der Waals surface area contributed by atoms with Gasteiger partial charge in [-0.05, 0) is 47.0 Å². The van der Waals surface area contributed by atoms with Crippen LogP contribution in [0.1, 0.15) is 68.9 Å². The molecule has 0 aliphatic heterocycles. The molecule has 0 aromatic carbocycles. The van der Waals surface area contributed by atoms with Gasteiger partial charge in [-0.15, -0.1) is 0 Å². The Bertz CT molecular complexity index is 584. The Labute approximate surface area is 144 Å². The molecule has 3 atom stereocenters. The van der Waals surface area contributed by atoms with Crippen LogP contribution in [0, 0.1) is 19.3 Å². The summed E-state index contributed by atoms with van der Waals surface area (Å²) >= 11 is 0. The Morgan fingerprint density at radius 2 is 2.08 bits per heavy atom. The Morgan fingerprint density at radius 1 is 1.42 bits per heavy atom. The fourth-order valence-electron chi connectivity index (χ4n) is 5.08. The fraction of sp³-hybridized carbons (Fsp3) is 0.789. The molecule has 2 aliphatic rings. The van der Waals surface area contributed by atoms with Crippen LogP contribution in [0.15, 0.2) is 4.52 Å². The number of carbonyl (C=O) groups excluding carboxylic acids is 1. The number of nitrogens with zero attached hydrogens (tertiary/aromatic N) is 2. The lowest BCUT2D eigenvalue weighted by molar-refractivity contribution is -0.173. The number of likely N-dealkylation sites (N-methyl/N-ethyl adjacent to an activating group) is 1. The molecule has 1 aromatic heterocycles. The van der Waals surface area contributed by atoms with Gasteiger partial charge in [0.05, 0.1) is 17.7 Å². The van der Waals surface area contributed by atoms with Crippen molar-refractivity contribution in [2.75, 3.05) is 13.7 Å². The van der Waals surface area contributed by atoms with Crippen molar-refractivity contribution in [2.24, 2.45) is 5.41 Å². The molecule has 1 amide bonds. The molecule has 0 bridgehead atoms. The van der Waals surface area contributed by atoms with E-state index in [0.717, 1.165) is 30.0 Å². The summed E-state index contributed by atoms with van der Waals surface area (Å²) in [6.45, 7) is 8.57. The van der Waals surface area contributed by atoms with Crippen LogP contribution in [0.2, 0.25) is 0 Å². The van der Waals surface area contributed by atoms with E-state index < -0.39 is 0 Å². The molecule has 2 saturated carbocycles. The number of hydrogen-bond acceptors (Lipinski definition) is 4. The molecule has 5 nitrogen and oxygen atoms in total. The number of carbonyl (C=O) groups is 1. The smallest absolute Gasteiger partial charge is 0.230 e. The van der Waals surface area contributed by atoms with Crippen molar-refractivity contribution < 1.29 is 14.1 Å². The first-order valence-electron chi connectivity index (χ1n) is 9.23. The van der Waals surface area contributed by atoms with Gasteiger partial charge < -0.3 is 14.2 Å². The second-order valence-corrected chi connectivity index (χ2v) is 7.54. The van der Waals surface area contributed by atoms with Gasteiger partial charge >= 0.3 is 0 Å². The van der Waals surface area contributed by atoms with Gasteiger partial charge in [-0.25, -0.2) is 0 Å². The molecule has 0 radical (unpaired) electrons. The van der Waals surface area contributed by atoms with Gasteiger partial charge in [0.2, 0.25) is 5.91 Å². The van der Waals surface area contributed by atoms with Crippen LogP contribution in [-0.4, -0.2) is 41.8 Å². The van der Waals surface area contributed by atoms with Crippen LogP contribution >= 0.6 is 0 Å². The lowest BCUT2D eigenvalue weighted by atomic mass is 9.60. The van der Waals surface area contributed by atoms with E-state index in [4.69, 9.17) is 9.26 Å². The molecule has 5 heteroatoms. The maximum Gasteiger partial charge on any atom is 0.230 e. The standard InChI is InChI=1S/C19H30N2O3/c1-6-23-16-11-15(19(16)9-7-8-10-19)21(5)18(22)12(2)17-13(3)20-24-14(17)4/h12,15-16H,6-11H2,1-5H3/t12-,15-,16+/m0/s1. The SMILES string of the molecule is CCO[C@@H]1C[C@H](N(C)C(=O)[C@@H](C)c2c(C)noc2C)C12CCCC2. The van der Waals surface area contributed by atoms with Crippen molar-refractivity contribution in [1.82, 2.24) is 10.1 Å². The van der Waals surface area contributed by atoms with Gasteiger partial charge in [0.25, 0.3) is 0 Å². The number of aromatic nitrogens is 1. The summed E-state index contributed by atoms with van der Waals surface area (Å²) in [5, 5.41) is 4.00. The van der Waals surface area contributed by atoms with Gasteiger partial charge in [-0.3, -0.25) is 4.79 Å². The van der Waals surface area contributed by atoms with E-state index in [-0.39, 0.29) is 17.2 Å². The third kappa shape index (κ3) is 2.57. The van der Waals surface area contributed by atoms with Crippen molar-refractivity contribution in [3.63, 3.8) is 0 Å². The molecule has 1 heterocycles. The second-order valence-electron chi connectivity index (χ2n) is 7.54. The van der Waals surface area contributed by atoms with Crippen LogP contribution in [-0.2, 0) is 9.53 Å². The normalized spacial score (nSPS) is 26.4. The van der Waals surface area contributed by atoms with Crippen molar-refractivity contribution >= 4 is 5.91 Å². The highest BCUT2D eigenvalue weighted by atomic mass is 16.5. The number of rotatable bonds is 5. The van der Waals surface area contributed by atoms with Gasteiger partial charge in [0.15, 0.2) is 0 Å². The van der Waals surface area contributed by atoms with Gasteiger partial charge in [-0.2, -0.15) is 0 Å². The summed E-state index contributed by atoms with van der Waals surface area (Å²) in [6, 6.07) is 0.298. The predicted octanol–water partition coefficient (Wildman–Crippen LogP) is 3.59. The molecule has 1 spiro atoms. The molecule has 0 unspecified atom stereocenters. The topological polar surface area (TPSA) is 55.6 Å². The molecule has 1 aromatic rings. The molecule has 24 heavy (non-hydrogen) atoms. The predicted molar refractivity (Wildman–Crippen MR) is 91.9 cm³/mol. The molecular weight excluding hydrogens is 304 g/mol. The van der Waals surface area contributed by atoms with Crippen LogP contribution in [0.25, 0.3) is 0 Å². The third-order valence-electron chi connectivity index (χ3n) is 6.35. The highest BCUT2D eigenvalue weighted by Gasteiger charge is 2.59. The number of aryl methyl sites for hydroxylation is 2. The van der Waals surface area contributed by atoms with E-state index in [9.17, 15) is 4.79 Å². The van der Waals surface area contributed by atoms with E-state index in [0.29, 0.717) is 12.1 Å². The van der Waals surface area contributed by atoms with Gasteiger partial charge in [-0.1, -0.05) is 18.0 Å². The molecule has 3 rings (SSSR count). The van der Waals surface area contributed by atoms with Gasteiger partial charge in [0.1, 0.15) is 5.76 Å². The van der Waals surface area contributed by atoms with Crippen LogP contribution in [0.3, 0.4) is 0 Å². The Morgan fingerprint density at radius 3 is 2.62 bits per heavy atom. The maximum atomic E-state index is 13.1. The Hall–Kier alpha value is -1.36. The van der Waals surface area contributed by atoms with Gasteiger partial charge in [0, 0.05) is 30.7 Å². The van der Waals surface area contributed by atoms with Crippen molar-refractivity contribution in [3.8, 4) is 0 Å². The highest BCUT2D eigenvalue weighted by molar-refractivity contribution is 5.84. The Kier molecular flexibility index (Phi) is 4.73. The summed E-state index contributed by atoms with van der Waals surface area (Å²) in [6.07, 6.45) is 6.15. The largest absolute Gasteiger partial charge is 0.378 e. The first-order valence-corrected chi connectivity index (χ1v) is 9.23. The second kappa shape index (κ2) is 6.51. The Balaban J connectivity index is 1.76. The highest BCUT2D eigenvalue weighted by Crippen LogP contribution is 2.56. The molecule has 2 aliphatic carbocycles. The number of ether oxygens (including phenoxy) is 1. The number of amides is 1. The molecule has 134 valence electrons. The van der Waals surface area contributed by atoms with Crippen LogP contribution in [0.5, 0.6) is 0 Å². The molecule has 0 saturated heterocycles. The maximum absolute atomic E-state index is 13.1. The first kappa shape index (κ1) is 17.5. The minimum atomic E-state index is -0.217. The minimum Gasteiger partial charge on any atom is -0.378 e. The van der Waals surface area contributed by atoms with E-state index in [1.165, 1.54) is 25.7 Å². The average molecular weight is 334 g/mol. The summed E-state index contributed by atoms with van der Waals surface area (Å²) in [5.74, 6) is 0.694. The minimum absolute atomic E-state index is 0.163. The van der Waals surface area contributed by atoms with Crippen molar-refractivity contribution in [3.05, 3.63) is 17.0 Å². The zero-order chi connectivity index (χ0) is 17.5. The molecule has 2 fully saturated rings. The molecular formula is C19H30N2O3. The van der Waals surface area contributed by atoms with E-state index in [2.05, 4.69) is 12.1 Å². The third-order valence-corrected chi connectivity index (χ3v) is 6.35. The summed E-state index contributed by atoms with van der Waals surface area (Å²) < 4.78 is 11.2. The van der Waals surface area contributed by atoms with E-state index in [1.807, 2.05) is 32.7 Å². The summed E-state index contributed by atoms with van der Waals surface area (Å²) in [5.41, 5.74) is 1.94. The lowest BCUT2D eigenvalue weighted by Gasteiger charge is -2.57. The molecule has 0 N–H and O–H groups in total. The zero-order valence-corrected chi connectivity index (χ0v) is 15.6. The first-order chi connectivity index (χ1) is 11.4. The summed E-state index contributed by atoms with van der Waals surface area (Å²) in [4.78, 5) is 15.1. The van der Waals surface area contributed by atoms with E-state index >= 15 is 0 Å². The van der Waals surface area contributed by atoms with Crippen molar-refractivity contribution in [1.29, 1.82) is 0 Å². The lowest BCUT2D eigenvalue weighted by Crippen LogP contribution is -2.64. The fourth-order valence-corrected chi connectivity index (χ4v) is 5.08. The number of hydrogen-bond donors (Lipinski definition) is 0. The summed E-state index contributed by atoms with van der Waals surface area (Å²) in [7, 11) is 1.96. The van der Waals surface area contributed by atoms with Crippen molar-refractivity contribution in [2.45, 2.75) is 77.9 Å². The quantitative estimate of drug-likeness (QED) is 0.826. The van der Waals surface area contributed by atoms with Crippen LogP contribution < -0.4 is 0 Å². The van der Waals surface area contributed by atoms with Crippen LogP contribution in [0.4, 0.5) is 0 Å². The zero-order valence-electron chi connectivity index (χ0n) is 15.6. The average Bonchev–Trinajstić information content (AvgIpc) is 3.18. The van der Waals surface area contributed by atoms with E-state index in [1.54, 1.807) is 0 Å².